The molecule has 5 heterocycles. The first kappa shape index (κ1) is 100.0. The van der Waals surface area contributed by atoms with E-state index in [-0.39, 0.29) is 25.8 Å². The summed E-state index contributed by atoms with van der Waals surface area (Å²) in [5, 5.41) is 82.8. The van der Waals surface area contributed by atoms with Gasteiger partial charge < -0.3 is 137 Å². The average Bonchev–Trinajstić information content (AvgIpc) is 1.68. The lowest BCUT2D eigenvalue weighted by Gasteiger charge is -2.30. The number of nitrogens with one attached hydrogen (secondary N) is 17. The van der Waals surface area contributed by atoms with Crippen molar-refractivity contribution in [3.8, 4) is 0 Å². The average molecular weight is 1810 g/mol. The van der Waals surface area contributed by atoms with Crippen LogP contribution in [0.25, 0.3) is 32.7 Å². The van der Waals surface area contributed by atoms with Crippen LogP contribution in [-0.2, 0) is 125 Å². The number of hydrogen-bond donors (Lipinski definition) is 25. The Morgan fingerprint density at radius 1 is 0.469 bits per heavy atom. The molecule has 8 rings (SSSR count). The largest absolute Gasteiger partial charge is 0.481 e. The minimum Gasteiger partial charge on any atom is -0.481 e. The highest BCUT2D eigenvalue weighted by Gasteiger charge is 2.43. The molecule has 0 aliphatic carbocycles. The number of aromatic nitrogens is 3. The van der Waals surface area contributed by atoms with Crippen LogP contribution in [0.5, 0.6) is 0 Å². The fraction of sp³-hybridized carbons (Fsp3) is 0.439. The number of nitrogens with two attached hydrogens (primary N) is 3. The Bertz CT molecular complexity index is 5310. The van der Waals surface area contributed by atoms with Crippen LogP contribution in [0.3, 0.4) is 0 Å². The molecule has 14 atom stereocenters. The van der Waals surface area contributed by atoms with Gasteiger partial charge in [0.2, 0.25) is 100 Å². The Hall–Kier alpha value is -15.4. The van der Waals surface area contributed by atoms with E-state index in [2.05, 4.69) is 89.4 Å². The molecule has 28 N–H and O–H groups in total. The Kier molecular flexibility index (Phi) is 35.9. The summed E-state index contributed by atoms with van der Waals surface area (Å²) in [7, 11) is 0. The van der Waals surface area contributed by atoms with Crippen molar-refractivity contribution >= 4 is 163 Å². The molecule has 17 amide bonds. The van der Waals surface area contributed by atoms with E-state index in [1.807, 2.05) is 0 Å². The lowest BCUT2D eigenvalue weighted by atomic mass is 9.99. The van der Waals surface area contributed by atoms with Gasteiger partial charge in [-0.1, -0.05) is 68.4 Å². The molecule has 3 aromatic carbocycles. The number of amides is 17. The summed E-state index contributed by atoms with van der Waals surface area (Å²) in [6, 6.07) is -5.02. The number of carbonyl (C=O) groups excluding carboxylic acids is 17. The number of fused-ring (bicyclic) bond motifs is 4. The van der Waals surface area contributed by atoms with Crippen molar-refractivity contribution in [1.82, 2.24) is 94.3 Å². The van der Waals surface area contributed by atoms with Crippen molar-refractivity contribution in [2.75, 3.05) is 19.6 Å². The van der Waals surface area contributed by atoms with Crippen molar-refractivity contribution < 1.29 is 131 Å². The van der Waals surface area contributed by atoms with Gasteiger partial charge >= 0.3 is 29.8 Å². The lowest BCUT2D eigenvalue weighted by molar-refractivity contribution is -0.142. The number of hydrogen-bond acceptors (Lipinski definition) is 23. The second kappa shape index (κ2) is 46.7. The van der Waals surface area contributed by atoms with E-state index in [0.29, 0.717) is 49.4 Å². The molecule has 0 spiro atoms. The molecular formula is C82H103N21O27. The molecule has 48 nitrogen and oxygen atoms in total. The molecule has 0 bridgehead atoms. The van der Waals surface area contributed by atoms with Crippen LogP contribution >= 0.6 is 0 Å². The Morgan fingerprint density at radius 2 is 0.900 bits per heavy atom. The fourth-order valence-corrected chi connectivity index (χ4v) is 14.5. The minimum atomic E-state index is -2.07. The number of para-hydroxylation sites is 3. The molecule has 48 heteroatoms. The highest BCUT2D eigenvalue weighted by molar-refractivity contribution is 6.03. The third-order valence-electron chi connectivity index (χ3n) is 21.3. The lowest BCUT2D eigenvalue weighted by Crippen LogP contribution is -2.62. The molecule has 698 valence electrons. The number of nitrogens with zero attached hydrogens (tertiary/aromatic N) is 1. The predicted molar refractivity (Wildman–Crippen MR) is 451 cm³/mol. The van der Waals surface area contributed by atoms with E-state index >= 15 is 0 Å². The van der Waals surface area contributed by atoms with Crippen molar-refractivity contribution in [3.63, 3.8) is 0 Å². The number of primary amides is 2. The van der Waals surface area contributed by atoms with E-state index < -0.39 is 311 Å². The van der Waals surface area contributed by atoms with Crippen molar-refractivity contribution in [1.29, 1.82) is 0 Å². The topological polar surface area (TPSA) is 774 Å². The monoisotopic (exact) mass is 1810 g/mol. The molecule has 0 unspecified atom stereocenters. The number of aliphatic carboxylic acids is 5. The molecule has 2 fully saturated rings. The molecule has 2 aliphatic rings. The number of aromatic amines is 3. The Balaban J connectivity index is 1.02. The Labute approximate surface area is 737 Å². The fourth-order valence-electron chi connectivity index (χ4n) is 14.5. The highest BCUT2D eigenvalue weighted by Crippen LogP contribution is 2.25. The van der Waals surface area contributed by atoms with Crippen LogP contribution in [0, 0.1) is 5.92 Å². The van der Waals surface area contributed by atoms with E-state index in [9.17, 15) is 131 Å². The second-order valence-corrected chi connectivity index (χ2v) is 31.4. The third-order valence-corrected chi connectivity index (χ3v) is 21.3. The zero-order valence-electron chi connectivity index (χ0n) is 70.4. The van der Waals surface area contributed by atoms with Gasteiger partial charge in [0.25, 0.3) is 0 Å². The van der Waals surface area contributed by atoms with Gasteiger partial charge in [-0.3, -0.25) is 105 Å². The van der Waals surface area contributed by atoms with Crippen LogP contribution in [0.4, 0.5) is 0 Å². The molecule has 6 aromatic rings. The quantitative estimate of drug-likeness (QED) is 0.0169. The standard InChI is InChI=1S/C82H103N21O27/c1-37(2)68(81(129)100-57(31-67(115)116)77(125)93-49(69(85)117)18-21-63(107)108)102-78(126)54(27-41-34-88-48-16-9-6-13-44(41)48)98-76(124)55(29-60(84)104)92-62(106)36-90-71(119)52(25-39-32-86-46-14-7-4-11-42(39)46)97-74(122)51(20-23-65(111)112)94-73(121)50(19-22-64(109)110)95-79(127)58-35-89-72(120)56(30-61(105)91-38(3)82(130)103-24-10-17-59(103)80(128)101-58)99-75(123)53(96-70(118)45(83)28-66(113)114)26-40-33-87-47-15-8-5-12-43(40)47/h4-9,11-16,32-34,37-38,45,49-59,68,86-88H,10,17-31,35-36,83H2,1-3H3,(H2,84,104)(H2,85,117)(H,89,120)(H,90,119)(H,91,105)(H,92,106)(H,93,125)(H,94,121)(H,95,127)(H,96,118)(H,97,122)(H,98,124)(H,99,123)(H,100,129)(H,101,128)(H,102,126)(H,107,108)(H,109,110)(H,111,112)(H,113,114)(H,115,116)/t38-,45-,49-,50-,51-,52-,53-,54-,55-,56-,57-,58-,59-,68-/m0/s1. The normalized spacial score (nSPS) is 17.6. The van der Waals surface area contributed by atoms with E-state index in [4.69, 9.17) is 17.2 Å². The zero-order chi connectivity index (χ0) is 95.5. The summed E-state index contributed by atoms with van der Waals surface area (Å²) in [6.45, 7) is 2.01. The maximum atomic E-state index is 14.9. The number of H-pyrrole nitrogens is 3. The molecular weight excluding hydrogens is 1710 g/mol. The van der Waals surface area contributed by atoms with Gasteiger partial charge in [0.15, 0.2) is 0 Å². The maximum absolute atomic E-state index is 14.9. The summed E-state index contributed by atoms with van der Waals surface area (Å²) >= 11 is 0. The maximum Gasteiger partial charge on any atom is 0.305 e. The van der Waals surface area contributed by atoms with Crippen molar-refractivity contribution in [3.05, 3.63) is 108 Å². The summed E-state index contributed by atoms with van der Waals surface area (Å²) in [6.07, 6.45) is -5.14. The summed E-state index contributed by atoms with van der Waals surface area (Å²) < 4.78 is 0. The predicted octanol–water partition coefficient (Wildman–Crippen LogP) is -6.49. The van der Waals surface area contributed by atoms with Gasteiger partial charge in [0, 0.05) is 103 Å². The van der Waals surface area contributed by atoms with E-state index in [1.54, 1.807) is 72.8 Å². The first-order valence-corrected chi connectivity index (χ1v) is 41.1. The van der Waals surface area contributed by atoms with Crippen molar-refractivity contribution in [2.45, 2.75) is 202 Å². The number of carboxylic acids is 5. The third kappa shape index (κ3) is 29.1. The van der Waals surface area contributed by atoms with Gasteiger partial charge in [-0.05, 0) is 79.8 Å². The Morgan fingerprint density at radius 3 is 1.38 bits per heavy atom. The second-order valence-electron chi connectivity index (χ2n) is 31.4. The van der Waals surface area contributed by atoms with Crippen molar-refractivity contribution in [2.24, 2.45) is 23.1 Å². The van der Waals surface area contributed by atoms with Crippen LogP contribution in [-0.4, -0.2) is 280 Å². The molecule has 130 heavy (non-hydrogen) atoms. The van der Waals surface area contributed by atoms with Crippen LogP contribution in [0.15, 0.2) is 91.4 Å². The van der Waals surface area contributed by atoms with Gasteiger partial charge in [-0.2, -0.15) is 0 Å². The zero-order valence-corrected chi connectivity index (χ0v) is 70.4. The van der Waals surface area contributed by atoms with Crippen LogP contribution in [0.2, 0.25) is 0 Å². The molecule has 0 radical (unpaired) electrons. The molecule has 2 saturated heterocycles. The van der Waals surface area contributed by atoms with Gasteiger partial charge in [0.05, 0.1) is 38.3 Å². The number of carboxylic acid groups (broad SMARTS) is 5. The van der Waals surface area contributed by atoms with Gasteiger partial charge in [-0.25, -0.2) is 0 Å². The number of rotatable bonds is 45. The highest BCUT2D eigenvalue weighted by atomic mass is 16.4. The van der Waals surface area contributed by atoms with Crippen LogP contribution in [0.1, 0.15) is 115 Å². The van der Waals surface area contributed by atoms with E-state index in [0.717, 1.165) is 4.90 Å². The first-order chi connectivity index (χ1) is 61.5. The number of benzene rings is 3. The van der Waals surface area contributed by atoms with Crippen LogP contribution < -0.4 is 91.6 Å². The summed E-state index contributed by atoms with van der Waals surface area (Å²) in [4.78, 5) is 310. The SMILES string of the molecule is CC(C)[C@H](NC(=O)[C@H](Cc1c[nH]c2ccccc12)NC(=O)[C@H](CC(N)=O)NC(=O)CNC(=O)[C@H](Cc1c[nH]c2ccccc12)NC(=O)[C@H](CCC(=O)O)NC(=O)[C@H](CCC(=O)O)NC(=O)[C@@H]1CNC(=O)[C@@H](NC(=O)[C@H](Cc2c[nH]c3ccccc23)NC(=O)[C@@H](N)CC(=O)O)CC(=O)N[C@@H](C)C(=O)N2CCC[C@H]2C(=O)N1)C(=O)N[C@@H](CC(=O)O)C(=O)N[C@@H](CCC(=O)O)C(N)=O. The van der Waals surface area contributed by atoms with Gasteiger partial charge in [0.1, 0.15) is 78.5 Å². The molecule has 3 aromatic heterocycles. The first-order valence-electron chi connectivity index (χ1n) is 41.1. The molecule has 2 aliphatic heterocycles. The molecule has 0 saturated carbocycles. The number of carbonyl (C=O) groups is 22. The summed E-state index contributed by atoms with van der Waals surface area (Å²) in [5.74, 6) is -28.6. The minimum absolute atomic E-state index is 0.00845. The van der Waals surface area contributed by atoms with E-state index in [1.165, 1.54) is 39.4 Å². The van der Waals surface area contributed by atoms with Gasteiger partial charge in [-0.15, -0.1) is 0 Å². The summed E-state index contributed by atoms with van der Waals surface area (Å²) in [5.41, 5.74) is 19.6. The smallest absolute Gasteiger partial charge is 0.305 e.